The molecule has 1 N–H and O–H groups in total. The minimum Gasteiger partial charge on any atom is -0.489 e. The summed E-state index contributed by atoms with van der Waals surface area (Å²) in [6, 6.07) is 27.3. The normalized spacial score (nSPS) is 10.7. The standard InChI is InChI=1S/C26H23NO4/c28-26(29)14-11-19-5-3-6-20(15-19)17-30-23-8-4-9-24(16-23)31-18-22-13-12-21-7-1-2-10-25(21)27-22/h1-10,12-13,15-16H,11,14,17-18H2,(H,28,29). The Kier molecular flexibility index (Phi) is 6.43. The molecule has 4 aromatic rings. The fourth-order valence-electron chi connectivity index (χ4n) is 3.29. The number of nitrogens with zero attached hydrogens (tertiary/aromatic N) is 1. The van der Waals surface area contributed by atoms with Gasteiger partial charge in [0, 0.05) is 17.9 Å². The molecule has 1 heterocycles. The van der Waals surface area contributed by atoms with E-state index >= 15 is 0 Å². The Labute approximate surface area is 180 Å². The molecule has 0 amide bonds. The van der Waals surface area contributed by atoms with Crippen molar-refractivity contribution in [3.8, 4) is 11.5 Å². The second kappa shape index (κ2) is 9.76. The molecule has 31 heavy (non-hydrogen) atoms. The number of carbonyl (C=O) groups is 1. The van der Waals surface area contributed by atoms with Crippen molar-refractivity contribution in [1.29, 1.82) is 0 Å². The number of aliphatic carboxylic acids is 1. The smallest absolute Gasteiger partial charge is 0.303 e. The van der Waals surface area contributed by atoms with E-state index in [0.29, 0.717) is 31.1 Å². The summed E-state index contributed by atoms with van der Waals surface area (Å²) in [6.07, 6.45) is 0.630. The first-order valence-electron chi connectivity index (χ1n) is 10.2. The molecule has 0 fully saturated rings. The molecule has 4 rings (SSSR count). The molecule has 0 aliphatic rings. The van der Waals surface area contributed by atoms with Gasteiger partial charge in [0.05, 0.1) is 11.2 Å². The van der Waals surface area contributed by atoms with Gasteiger partial charge in [0.15, 0.2) is 0 Å². The largest absolute Gasteiger partial charge is 0.489 e. The van der Waals surface area contributed by atoms with E-state index in [-0.39, 0.29) is 6.42 Å². The Balaban J connectivity index is 1.35. The first kappa shape index (κ1) is 20.4. The van der Waals surface area contributed by atoms with Gasteiger partial charge in [0.1, 0.15) is 24.7 Å². The number of carboxylic acids is 1. The summed E-state index contributed by atoms with van der Waals surface area (Å²) in [6.45, 7) is 0.774. The monoisotopic (exact) mass is 413 g/mol. The molecule has 156 valence electrons. The molecule has 1 aromatic heterocycles. The van der Waals surface area contributed by atoms with Crippen molar-refractivity contribution in [3.05, 3.63) is 102 Å². The summed E-state index contributed by atoms with van der Waals surface area (Å²) in [5.74, 6) is 0.625. The van der Waals surface area contributed by atoms with E-state index in [9.17, 15) is 4.79 Å². The average Bonchev–Trinajstić information content (AvgIpc) is 2.80. The molecule has 0 saturated carbocycles. The predicted molar refractivity (Wildman–Crippen MR) is 119 cm³/mol. The maximum Gasteiger partial charge on any atom is 0.303 e. The van der Waals surface area contributed by atoms with Crippen LogP contribution in [0.15, 0.2) is 84.9 Å². The summed E-state index contributed by atoms with van der Waals surface area (Å²) >= 11 is 0. The van der Waals surface area contributed by atoms with Crippen molar-refractivity contribution < 1.29 is 19.4 Å². The zero-order valence-corrected chi connectivity index (χ0v) is 17.0. The first-order chi connectivity index (χ1) is 15.2. The summed E-state index contributed by atoms with van der Waals surface area (Å²) < 4.78 is 11.8. The van der Waals surface area contributed by atoms with Crippen LogP contribution in [0.5, 0.6) is 11.5 Å². The number of hydrogen-bond donors (Lipinski definition) is 1. The van der Waals surface area contributed by atoms with Crippen LogP contribution in [0.25, 0.3) is 10.9 Å². The zero-order valence-electron chi connectivity index (χ0n) is 17.0. The molecule has 0 aliphatic carbocycles. The van der Waals surface area contributed by atoms with Crippen molar-refractivity contribution in [2.45, 2.75) is 26.1 Å². The number of aryl methyl sites for hydroxylation is 1. The summed E-state index contributed by atoms with van der Waals surface area (Å²) in [7, 11) is 0. The molecule has 0 atom stereocenters. The number of para-hydroxylation sites is 1. The van der Waals surface area contributed by atoms with Crippen LogP contribution in [0.1, 0.15) is 23.2 Å². The fraction of sp³-hybridized carbons (Fsp3) is 0.154. The molecule has 5 heteroatoms. The van der Waals surface area contributed by atoms with Crippen LogP contribution in [0.3, 0.4) is 0 Å². The van der Waals surface area contributed by atoms with Gasteiger partial charge < -0.3 is 14.6 Å². The lowest BCUT2D eigenvalue weighted by Crippen LogP contribution is -2.00. The summed E-state index contributed by atoms with van der Waals surface area (Å²) in [4.78, 5) is 15.4. The lowest BCUT2D eigenvalue weighted by Gasteiger charge is -2.10. The van der Waals surface area contributed by atoms with Crippen LogP contribution >= 0.6 is 0 Å². The van der Waals surface area contributed by atoms with E-state index in [1.807, 2.05) is 84.9 Å². The third kappa shape index (κ3) is 5.82. The maximum absolute atomic E-state index is 10.8. The number of pyridine rings is 1. The third-order valence-electron chi connectivity index (χ3n) is 4.87. The molecule has 0 saturated heterocycles. The van der Waals surface area contributed by atoms with Gasteiger partial charge in [-0.2, -0.15) is 0 Å². The first-order valence-corrected chi connectivity index (χ1v) is 10.2. The van der Waals surface area contributed by atoms with E-state index < -0.39 is 5.97 Å². The second-order valence-corrected chi connectivity index (χ2v) is 7.26. The Morgan fingerprint density at radius 2 is 1.52 bits per heavy atom. The van der Waals surface area contributed by atoms with E-state index in [2.05, 4.69) is 4.98 Å². The maximum atomic E-state index is 10.8. The molecule has 5 nitrogen and oxygen atoms in total. The van der Waals surface area contributed by atoms with Gasteiger partial charge in [0.2, 0.25) is 0 Å². The number of ether oxygens (including phenoxy) is 2. The zero-order chi connectivity index (χ0) is 21.5. The molecule has 0 bridgehead atoms. The van der Waals surface area contributed by atoms with E-state index in [1.54, 1.807) is 0 Å². The Hall–Kier alpha value is -3.86. The highest BCUT2D eigenvalue weighted by Gasteiger charge is 2.04. The molecule has 3 aromatic carbocycles. The Bertz CT molecular complexity index is 1190. The van der Waals surface area contributed by atoms with Gasteiger partial charge in [-0.05, 0) is 41.8 Å². The van der Waals surface area contributed by atoms with Gasteiger partial charge in [-0.25, -0.2) is 4.98 Å². The number of aromatic nitrogens is 1. The van der Waals surface area contributed by atoms with Crippen molar-refractivity contribution in [3.63, 3.8) is 0 Å². The van der Waals surface area contributed by atoms with Crippen molar-refractivity contribution in [2.75, 3.05) is 0 Å². The number of rotatable bonds is 9. The highest BCUT2D eigenvalue weighted by atomic mass is 16.5. The number of carboxylic acid groups (broad SMARTS) is 1. The van der Waals surface area contributed by atoms with Crippen molar-refractivity contribution >= 4 is 16.9 Å². The van der Waals surface area contributed by atoms with Gasteiger partial charge >= 0.3 is 5.97 Å². The van der Waals surface area contributed by atoms with E-state index in [4.69, 9.17) is 14.6 Å². The van der Waals surface area contributed by atoms with Gasteiger partial charge in [-0.1, -0.05) is 54.6 Å². The van der Waals surface area contributed by atoms with Crippen LogP contribution in [-0.4, -0.2) is 16.1 Å². The van der Waals surface area contributed by atoms with Crippen LogP contribution < -0.4 is 9.47 Å². The van der Waals surface area contributed by atoms with Crippen LogP contribution in [-0.2, 0) is 24.4 Å². The molecule has 0 radical (unpaired) electrons. The van der Waals surface area contributed by atoms with Gasteiger partial charge in [-0.3, -0.25) is 4.79 Å². The topological polar surface area (TPSA) is 68.7 Å². The summed E-state index contributed by atoms with van der Waals surface area (Å²) in [5.41, 5.74) is 3.80. The minimum absolute atomic E-state index is 0.121. The number of fused-ring (bicyclic) bond motifs is 1. The average molecular weight is 413 g/mol. The fourth-order valence-corrected chi connectivity index (χ4v) is 3.29. The van der Waals surface area contributed by atoms with Crippen LogP contribution in [0.4, 0.5) is 0 Å². The predicted octanol–water partition coefficient (Wildman–Crippen LogP) is 5.41. The Morgan fingerprint density at radius 3 is 2.35 bits per heavy atom. The van der Waals surface area contributed by atoms with E-state index in [1.165, 1.54) is 0 Å². The van der Waals surface area contributed by atoms with Crippen molar-refractivity contribution in [1.82, 2.24) is 4.98 Å². The summed E-state index contributed by atoms with van der Waals surface area (Å²) in [5, 5.41) is 9.95. The number of benzene rings is 3. The van der Waals surface area contributed by atoms with Crippen molar-refractivity contribution in [2.24, 2.45) is 0 Å². The molecular formula is C26H23NO4. The van der Waals surface area contributed by atoms with E-state index in [0.717, 1.165) is 27.7 Å². The molecule has 0 unspecified atom stereocenters. The quantitative estimate of drug-likeness (QED) is 0.397. The molecular weight excluding hydrogens is 390 g/mol. The third-order valence-corrected chi connectivity index (χ3v) is 4.87. The lowest BCUT2D eigenvalue weighted by molar-refractivity contribution is -0.136. The highest BCUT2D eigenvalue weighted by molar-refractivity contribution is 5.78. The van der Waals surface area contributed by atoms with Gasteiger partial charge in [0.25, 0.3) is 0 Å². The SMILES string of the molecule is O=C(O)CCc1cccc(COc2cccc(OCc3ccc4ccccc4n3)c2)c1. The molecule has 0 aliphatic heterocycles. The number of hydrogen-bond acceptors (Lipinski definition) is 4. The second-order valence-electron chi connectivity index (χ2n) is 7.26. The lowest BCUT2D eigenvalue weighted by atomic mass is 10.1. The van der Waals surface area contributed by atoms with Gasteiger partial charge in [-0.15, -0.1) is 0 Å². The molecule has 0 spiro atoms. The minimum atomic E-state index is -0.794. The Morgan fingerprint density at radius 1 is 0.774 bits per heavy atom. The highest BCUT2D eigenvalue weighted by Crippen LogP contribution is 2.22. The van der Waals surface area contributed by atoms with Crippen LogP contribution in [0, 0.1) is 0 Å². The van der Waals surface area contributed by atoms with Crippen LogP contribution in [0.2, 0.25) is 0 Å².